The van der Waals surface area contributed by atoms with E-state index in [1.54, 1.807) is 4.68 Å². The first-order valence-electron chi connectivity index (χ1n) is 8.19. The van der Waals surface area contributed by atoms with Crippen molar-refractivity contribution >= 4 is 6.03 Å². The van der Waals surface area contributed by atoms with Gasteiger partial charge in [-0.25, -0.2) is 4.79 Å². The van der Waals surface area contributed by atoms with Gasteiger partial charge in [0, 0.05) is 25.4 Å². The number of ether oxygens (including phenoxy) is 1. The zero-order valence-corrected chi connectivity index (χ0v) is 13.8. The van der Waals surface area contributed by atoms with E-state index < -0.39 is 0 Å². The Bertz CT molecular complexity index is 548. The topological polar surface area (TPSA) is 59.4 Å². The Morgan fingerprint density at radius 3 is 2.82 bits per heavy atom. The van der Waals surface area contributed by atoms with E-state index in [1.165, 1.54) is 12.8 Å². The van der Waals surface area contributed by atoms with Gasteiger partial charge in [-0.3, -0.25) is 4.68 Å². The lowest BCUT2D eigenvalue weighted by Crippen LogP contribution is -2.55. The van der Waals surface area contributed by atoms with E-state index >= 15 is 0 Å². The average Bonchev–Trinajstić information content (AvgIpc) is 3.05. The average molecular weight is 306 g/mol. The van der Waals surface area contributed by atoms with E-state index in [2.05, 4.69) is 10.4 Å². The molecule has 1 atom stereocenters. The number of urea groups is 1. The third kappa shape index (κ3) is 2.97. The van der Waals surface area contributed by atoms with E-state index in [0.29, 0.717) is 13.2 Å². The molecule has 1 aromatic heterocycles. The molecule has 1 aliphatic carbocycles. The minimum Gasteiger partial charge on any atom is -0.371 e. The van der Waals surface area contributed by atoms with Gasteiger partial charge in [0.25, 0.3) is 0 Å². The van der Waals surface area contributed by atoms with E-state index in [1.807, 2.05) is 32.0 Å². The Hall–Kier alpha value is -1.56. The van der Waals surface area contributed by atoms with Gasteiger partial charge in [0.15, 0.2) is 0 Å². The van der Waals surface area contributed by atoms with Crippen molar-refractivity contribution in [2.24, 2.45) is 7.05 Å². The van der Waals surface area contributed by atoms with E-state index in [9.17, 15) is 4.79 Å². The molecular formula is C16H26N4O2. The van der Waals surface area contributed by atoms with Gasteiger partial charge in [0.1, 0.15) is 0 Å². The minimum absolute atomic E-state index is 0.00493. The number of aromatic nitrogens is 2. The molecule has 2 heterocycles. The van der Waals surface area contributed by atoms with Crippen LogP contribution in [0.4, 0.5) is 4.79 Å². The number of aryl methyl sites for hydroxylation is 2. The summed E-state index contributed by atoms with van der Waals surface area (Å²) in [5.74, 6) is 0. The standard InChI is InChI=1S/C16H26N4O2/c1-12(14-10-19(3)18-13(14)2)17-15(21)20-8-9-22-16(11-20)6-4-5-7-16/h10,12H,4-9,11H2,1-3H3,(H,17,21)/t12-/m1/s1. The molecule has 1 aliphatic heterocycles. The van der Waals surface area contributed by atoms with Gasteiger partial charge < -0.3 is 15.0 Å². The number of nitrogens with zero attached hydrogens (tertiary/aromatic N) is 3. The van der Waals surface area contributed by atoms with Gasteiger partial charge in [-0.05, 0) is 26.7 Å². The Balaban J connectivity index is 1.62. The molecule has 1 N–H and O–H groups in total. The van der Waals surface area contributed by atoms with Crippen LogP contribution in [-0.2, 0) is 11.8 Å². The quantitative estimate of drug-likeness (QED) is 0.910. The van der Waals surface area contributed by atoms with Crippen molar-refractivity contribution in [2.75, 3.05) is 19.7 Å². The summed E-state index contributed by atoms with van der Waals surface area (Å²) in [6, 6.07) is -0.0334. The first-order valence-corrected chi connectivity index (χ1v) is 8.19. The van der Waals surface area contributed by atoms with Gasteiger partial charge >= 0.3 is 6.03 Å². The molecule has 6 nitrogen and oxygen atoms in total. The predicted octanol–water partition coefficient (Wildman–Crippen LogP) is 2.14. The number of morpholine rings is 1. The van der Waals surface area contributed by atoms with Gasteiger partial charge in [0.05, 0.1) is 30.5 Å². The van der Waals surface area contributed by atoms with Crippen molar-refractivity contribution in [1.29, 1.82) is 0 Å². The Kier molecular flexibility index (Phi) is 4.12. The maximum atomic E-state index is 12.6. The summed E-state index contributed by atoms with van der Waals surface area (Å²) in [7, 11) is 1.90. The zero-order chi connectivity index (χ0) is 15.7. The second kappa shape index (κ2) is 5.91. The number of amides is 2. The minimum atomic E-state index is -0.0803. The van der Waals surface area contributed by atoms with Gasteiger partial charge in [-0.1, -0.05) is 12.8 Å². The molecular weight excluding hydrogens is 280 g/mol. The zero-order valence-electron chi connectivity index (χ0n) is 13.8. The van der Waals surface area contributed by atoms with Crippen LogP contribution in [0.15, 0.2) is 6.20 Å². The molecule has 0 aromatic carbocycles. The van der Waals surface area contributed by atoms with E-state index in [0.717, 1.165) is 30.6 Å². The lowest BCUT2D eigenvalue weighted by Gasteiger charge is -2.40. The molecule has 2 amide bonds. The number of carbonyl (C=O) groups excluding carboxylic acids is 1. The highest BCUT2D eigenvalue weighted by molar-refractivity contribution is 5.75. The number of hydrogen-bond donors (Lipinski definition) is 1. The summed E-state index contributed by atoms with van der Waals surface area (Å²) in [5, 5.41) is 7.45. The van der Waals surface area contributed by atoms with E-state index in [4.69, 9.17) is 4.74 Å². The van der Waals surface area contributed by atoms with Crippen LogP contribution < -0.4 is 5.32 Å². The number of carbonyl (C=O) groups is 1. The molecule has 1 aromatic rings. The van der Waals surface area contributed by atoms with Crippen molar-refractivity contribution in [3.05, 3.63) is 17.5 Å². The van der Waals surface area contributed by atoms with Gasteiger partial charge in [0.2, 0.25) is 0 Å². The van der Waals surface area contributed by atoms with Gasteiger partial charge in [-0.2, -0.15) is 5.10 Å². The molecule has 1 saturated heterocycles. The third-order valence-corrected chi connectivity index (χ3v) is 4.91. The molecule has 6 heteroatoms. The first kappa shape index (κ1) is 15.3. The highest BCUT2D eigenvalue weighted by Gasteiger charge is 2.40. The van der Waals surface area contributed by atoms with E-state index in [-0.39, 0.29) is 17.7 Å². The van der Waals surface area contributed by atoms with Crippen molar-refractivity contribution in [3.63, 3.8) is 0 Å². The van der Waals surface area contributed by atoms with Crippen LogP contribution in [0.1, 0.15) is 49.9 Å². The Morgan fingerprint density at radius 2 is 2.18 bits per heavy atom. The second-order valence-electron chi connectivity index (χ2n) is 6.67. The fraction of sp³-hybridized carbons (Fsp3) is 0.750. The SMILES string of the molecule is Cc1nn(C)cc1[C@@H](C)NC(=O)N1CCOC2(CCCC2)C1. The van der Waals surface area contributed by atoms with Crippen LogP contribution in [0.3, 0.4) is 0 Å². The fourth-order valence-electron chi connectivity index (χ4n) is 3.74. The number of nitrogens with one attached hydrogen (secondary N) is 1. The van der Waals surface area contributed by atoms with Gasteiger partial charge in [-0.15, -0.1) is 0 Å². The highest BCUT2D eigenvalue weighted by Crippen LogP contribution is 2.35. The lowest BCUT2D eigenvalue weighted by atomic mass is 10.00. The van der Waals surface area contributed by atoms with Crippen molar-refractivity contribution in [2.45, 2.75) is 51.2 Å². The summed E-state index contributed by atoms with van der Waals surface area (Å²) >= 11 is 0. The monoisotopic (exact) mass is 306 g/mol. The van der Waals surface area contributed by atoms with Crippen LogP contribution >= 0.6 is 0 Å². The number of rotatable bonds is 2. The third-order valence-electron chi connectivity index (χ3n) is 4.91. The molecule has 3 rings (SSSR count). The molecule has 1 spiro atoms. The maximum absolute atomic E-state index is 12.6. The van der Waals surface area contributed by atoms with Crippen LogP contribution in [-0.4, -0.2) is 46.0 Å². The smallest absolute Gasteiger partial charge is 0.318 e. The second-order valence-corrected chi connectivity index (χ2v) is 6.67. The molecule has 0 unspecified atom stereocenters. The van der Waals surface area contributed by atoms with Crippen LogP contribution in [0.25, 0.3) is 0 Å². The molecule has 22 heavy (non-hydrogen) atoms. The molecule has 122 valence electrons. The molecule has 0 radical (unpaired) electrons. The largest absolute Gasteiger partial charge is 0.371 e. The van der Waals surface area contributed by atoms with Crippen molar-refractivity contribution in [3.8, 4) is 0 Å². The maximum Gasteiger partial charge on any atom is 0.318 e. The summed E-state index contributed by atoms with van der Waals surface area (Å²) < 4.78 is 7.77. The molecule has 2 aliphatic rings. The van der Waals surface area contributed by atoms with Crippen molar-refractivity contribution in [1.82, 2.24) is 20.0 Å². The number of hydrogen-bond acceptors (Lipinski definition) is 3. The van der Waals surface area contributed by atoms with Crippen LogP contribution in [0.2, 0.25) is 0 Å². The van der Waals surface area contributed by atoms with Crippen LogP contribution in [0, 0.1) is 6.92 Å². The highest BCUT2D eigenvalue weighted by atomic mass is 16.5. The summed E-state index contributed by atoms with van der Waals surface area (Å²) in [6.07, 6.45) is 6.54. The first-order chi connectivity index (χ1) is 10.5. The van der Waals surface area contributed by atoms with Crippen molar-refractivity contribution < 1.29 is 9.53 Å². The molecule has 0 bridgehead atoms. The summed E-state index contributed by atoms with van der Waals surface area (Å²) in [4.78, 5) is 14.5. The Labute approximate surface area is 131 Å². The molecule has 2 fully saturated rings. The van der Waals surface area contributed by atoms with Crippen LogP contribution in [0.5, 0.6) is 0 Å². The lowest BCUT2D eigenvalue weighted by molar-refractivity contribution is -0.0927. The predicted molar refractivity (Wildman–Crippen MR) is 83.6 cm³/mol. The fourth-order valence-corrected chi connectivity index (χ4v) is 3.74. The summed E-state index contributed by atoms with van der Waals surface area (Å²) in [6.45, 7) is 6.02. The summed E-state index contributed by atoms with van der Waals surface area (Å²) in [5.41, 5.74) is 1.95. The molecule has 1 saturated carbocycles. The Morgan fingerprint density at radius 1 is 1.45 bits per heavy atom. The normalized spacial score (nSPS) is 22.0.